The molecule has 5 heteroatoms. The van der Waals surface area contributed by atoms with Crippen molar-refractivity contribution in [3.05, 3.63) is 58.7 Å². The molecule has 98 valence electrons. The fraction of sp³-hybridized carbons (Fsp3) is 0.143. The number of rotatable bonds is 3. The summed E-state index contributed by atoms with van der Waals surface area (Å²) in [5.41, 5.74) is 5.76. The second kappa shape index (κ2) is 5.50. The van der Waals surface area contributed by atoms with E-state index in [-0.39, 0.29) is 5.91 Å². The lowest BCUT2D eigenvalue weighted by Crippen LogP contribution is -2.45. The smallest absolute Gasteiger partial charge is 0.249 e. The molecule has 1 unspecified atom stereocenters. The third-order valence-corrected chi connectivity index (χ3v) is 3.48. The number of nitrogens with zero attached hydrogens (tertiary/aromatic N) is 1. The standard InChI is InChI=1S/C14H14BrN3O/c1-14(16,10-6-3-2-4-7-10)13(19)18-12-11(15)8-5-9-17-12/h2-9H,16H2,1H3,(H,17,18,19). The summed E-state index contributed by atoms with van der Waals surface area (Å²) in [6.45, 7) is 1.68. The van der Waals surface area contributed by atoms with Crippen LogP contribution in [-0.2, 0) is 10.3 Å². The van der Waals surface area contributed by atoms with Crippen molar-refractivity contribution in [1.82, 2.24) is 4.98 Å². The van der Waals surface area contributed by atoms with Crippen LogP contribution in [0.25, 0.3) is 0 Å². The van der Waals surface area contributed by atoms with Gasteiger partial charge in [-0.25, -0.2) is 4.98 Å². The van der Waals surface area contributed by atoms with Crippen LogP contribution in [0.4, 0.5) is 5.82 Å². The van der Waals surface area contributed by atoms with Gasteiger partial charge in [-0.2, -0.15) is 0 Å². The highest BCUT2D eigenvalue weighted by molar-refractivity contribution is 9.10. The summed E-state index contributed by atoms with van der Waals surface area (Å²) in [7, 11) is 0. The van der Waals surface area contributed by atoms with E-state index in [1.54, 1.807) is 25.3 Å². The lowest BCUT2D eigenvalue weighted by Gasteiger charge is -2.24. The van der Waals surface area contributed by atoms with E-state index in [1.165, 1.54) is 0 Å². The molecule has 19 heavy (non-hydrogen) atoms. The van der Waals surface area contributed by atoms with Gasteiger partial charge in [0.1, 0.15) is 11.4 Å². The Kier molecular flexibility index (Phi) is 3.97. The Balaban J connectivity index is 2.23. The van der Waals surface area contributed by atoms with E-state index < -0.39 is 5.54 Å². The van der Waals surface area contributed by atoms with Crippen molar-refractivity contribution in [2.45, 2.75) is 12.5 Å². The van der Waals surface area contributed by atoms with E-state index in [0.29, 0.717) is 10.3 Å². The van der Waals surface area contributed by atoms with Crippen LogP contribution in [0.1, 0.15) is 12.5 Å². The van der Waals surface area contributed by atoms with Crippen LogP contribution in [0.3, 0.4) is 0 Å². The highest BCUT2D eigenvalue weighted by Gasteiger charge is 2.30. The Morgan fingerprint density at radius 2 is 1.95 bits per heavy atom. The summed E-state index contributed by atoms with van der Waals surface area (Å²) >= 11 is 3.33. The summed E-state index contributed by atoms with van der Waals surface area (Å²) in [4.78, 5) is 16.4. The van der Waals surface area contributed by atoms with E-state index in [9.17, 15) is 4.79 Å². The SMILES string of the molecule is CC(N)(C(=O)Nc1ncccc1Br)c1ccccc1. The molecule has 4 nitrogen and oxygen atoms in total. The lowest BCUT2D eigenvalue weighted by atomic mass is 9.92. The second-order valence-electron chi connectivity index (χ2n) is 4.36. The minimum atomic E-state index is -1.11. The van der Waals surface area contributed by atoms with Gasteiger partial charge < -0.3 is 11.1 Å². The van der Waals surface area contributed by atoms with Crippen LogP contribution >= 0.6 is 15.9 Å². The van der Waals surface area contributed by atoms with Crippen molar-refractivity contribution in [2.24, 2.45) is 5.73 Å². The summed E-state index contributed by atoms with van der Waals surface area (Å²) < 4.78 is 0.715. The molecule has 0 fully saturated rings. The van der Waals surface area contributed by atoms with Crippen molar-refractivity contribution >= 4 is 27.7 Å². The number of aromatic nitrogens is 1. The zero-order valence-electron chi connectivity index (χ0n) is 10.4. The van der Waals surface area contributed by atoms with Gasteiger partial charge in [-0.3, -0.25) is 4.79 Å². The first-order valence-corrected chi connectivity index (χ1v) is 6.57. The molecule has 1 aromatic carbocycles. The molecule has 2 rings (SSSR count). The predicted octanol–water partition coefficient (Wildman–Crippen LogP) is 2.66. The van der Waals surface area contributed by atoms with Gasteiger partial charge >= 0.3 is 0 Å². The number of amides is 1. The molecule has 0 saturated carbocycles. The third-order valence-electron chi connectivity index (χ3n) is 2.84. The first kappa shape index (κ1) is 13.7. The Bertz CT molecular complexity index is 584. The van der Waals surface area contributed by atoms with Gasteiger partial charge in [0.15, 0.2) is 0 Å². The largest absolute Gasteiger partial charge is 0.314 e. The zero-order chi connectivity index (χ0) is 13.9. The Labute approximate surface area is 120 Å². The normalized spacial score (nSPS) is 13.6. The molecular weight excluding hydrogens is 306 g/mol. The highest BCUT2D eigenvalue weighted by Crippen LogP contribution is 2.23. The van der Waals surface area contributed by atoms with E-state index in [0.717, 1.165) is 5.56 Å². The van der Waals surface area contributed by atoms with Gasteiger partial charge in [0.2, 0.25) is 5.91 Å². The first-order chi connectivity index (χ1) is 9.01. The highest BCUT2D eigenvalue weighted by atomic mass is 79.9. The van der Waals surface area contributed by atoms with Gasteiger partial charge in [0, 0.05) is 6.20 Å². The number of pyridine rings is 1. The lowest BCUT2D eigenvalue weighted by molar-refractivity contribution is -0.120. The molecule has 0 spiro atoms. The maximum atomic E-state index is 12.3. The van der Waals surface area contributed by atoms with Crippen molar-refractivity contribution in [1.29, 1.82) is 0 Å². The number of hydrogen-bond donors (Lipinski definition) is 2. The zero-order valence-corrected chi connectivity index (χ0v) is 12.0. The van der Waals surface area contributed by atoms with E-state index in [1.807, 2.05) is 30.3 Å². The first-order valence-electron chi connectivity index (χ1n) is 5.78. The number of hydrogen-bond acceptors (Lipinski definition) is 3. The van der Waals surface area contributed by atoms with Crippen LogP contribution in [0, 0.1) is 0 Å². The summed E-state index contributed by atoms with van der Waals surface area (Å²) in [5.74, 6) is 0.151. The van der Waals surface area contributed by atoms with Gasteiger partial charge in [-0.1, -0.05) is 30.3 Å². The molecule has 0 aliphatic heterocycles. The van der Waals surface area contributed by atoms with E-state index in [2.05, 4.69) is 26.2 Å². The minimum absolute atomic E-state index is 0.307. The molecule has 1 heterocycles. The summed E-state index contributed by atoms with van der Waals surface area (Å²) in [6, 6.07) is 12.8. The second-order valence-corrected chi connectivity index (χ2v) is 5.21. The average Bonchev–Trinajstić information content (AvgIpc) is 2.42. The molecule has 0 radical (unpaired) electrons. The molecule has 0 bridgehead atoms. The fourth-order valence-electron chi connectivity index (χ4n) is 1.63. The quantitative estimate of drug-likeness (QED) is 0.913. The molecule has 0 aliphatic rings. The van der Waals surface area contributed by atoms with Gasteiger partial charge in [0.25, 0.3) is 0 Å². The van der Waals surface area contributed by atoms with Crippen LogP contribution < -0.4 is 11.1 Å². The van der Waals surface area contributed by atoms with Crippen molar-refractivity contribution in [2.75, 3.05) is 5.32 Å². The molecule has 1 amide bonds. The Morgan fingerprint density at radius 1 is 1.26 bits per heavy atom. The Morgan fingerprint density at radius 3 is 2.58 bits per heavy atom. The van der Waals surface area contributed by atoms with Crippen LogP contribution in [0.15, 0.2) is 53.1 Å². The summed E-state index contributed by atoms with van der Waals surface area (Å²) in [5, 5.41) is 2.73. The van der Waals surface area contributed by atoms with Gasteiger partial charge in [-0.05, 0) is 40.5 Å². The van der Waals surface area contributed by atoms with E-state index >= 15 is 0 Å². The summed E-state index contributed by atoms with van der Waals surface area (Å²) in [6.07, 6.45) is 1.61. The minimum Gasteiger partial charge on any atom is -0.314 e. The molecule has 3 N–H and O–H groups in total. The monoisotopic (exact) mass is 319 g/mol. The average molecular weight is 320 g/mol. The third kappa shape index (κ3) is 3.00. The van der Waals surface area contributed by atoms with Gasteiger partial charge in [0.05, 0.1) is 4.47 Å². The van der Waals surface area contributed by atoms with Crippen LogP contribution in [0.5, 0.6) is 0 Å². The van der Waals surface area contributed by atoms with Crippen LogP contribution in [0.2, 0.25) is 0 Å². The van der Waals surface area contributed by atoms with Crippen LogP contribution in [-0.4, -0.2) is 10.9 Å². The van der Waals surface area contributed by atoms with Crippen molar-refractivity contribution < 1.29 is 4.79 Å². The molecular formula is C14H14BrN3O. The number of carbonyl (C=O) groups excluding carboxylic acids is 1. The number of carbonyl (C=O) groups is 1. The number of anilines is 1. The maximum absolute atomic E-state index is 12.3. The predicted molar refractivity (Wildman–Crippen MR) is 78.5 cm³/mol. The maximum Gasteiger partial charge on any atom is 0.249 e. The number of nitrogens with one attached hydrogen (secondary N) is 1. The molecule has 0 aliphatic carbocycles. The number of halogens is 1. The topological polar surface area (TPSA) is 68.0 Å². The number of nitrogens with two attached hydrogens (primary N) is 1. The molecule has 1 atom stereocenters. The molecule has 0 saturated heterocycles. The van der Waals surface area contributed by atoms with Crippen molar-refractivity contribution in [3.63, 3.8) is 0 Å². The van der Waals surface area contributed by atoms with Gasteiger partial charge in [-0.15, -0.1) is 0 Å². The fourth-order valence-corrected chi connectivity index (χ4v) is 1.98. The number of benzene rings is 1. The van der Waals surface area contributed by atoms with Crippen molar-refractivity contribution in [3.8, 4) is 0 Å². The van der Waals surface area contributed by atoms with E-state index in [4.69, 9.17) is 5.73 Å². The Hall–Kier alpha value is -1.72. The molecule has 1 aromatic heterocycles. The molecule has 2 aromatic rings.